The highest BCUT2D eigenvalue weighted by atomic mass is 16.2. The highest BCUT2D eigenvalue weighted by molar-refractivity contribution is 5.94. The third-order valence-corrected chi connectivity index (χ3v) is 3.88. The van der Waals surface area contributed by atoms with E-state index in [1.54, 1.807) is 0 Å². The van der Waals surface area contributed by atoms with Crippen LogP contribution in [0.5, 0.6) is 0 Å². The predicted octanol–water partition coefficient (Wildman–Crippen LogP) is 5.33. The molecule has 0 aliphatic rings. The Morgan fingerprint density at radius 2 is 1.35 bits per heavy atom. The molecule has 0 rings (SSSR count). The molecule has 0 N–H and O–H groups in total. The Balaban J connectivity index is 4.86. The fourth-order valence-corrected chi connectivity index (χ4v) is 2.43. The Morgan fingerprint density at radius 1 is 0.850 bits per heavy atom. The van der Waals surface area contributed by atoms with E-state index in [0.717, 1.165) is 57.2 Å². The Kier molecular flexibility index (Phi) is 11.5. The van der Waals surface area contributed by atoms with Gasteiger partial charge in [0, 0.05) is 18.7 Å². The van der Waals surface area contributed by atoms with Crippen LogP contribution in [0.3, 0.4) is 0 Å². The zero-order chi connectivity index (χ0) is 15.4. The van der Waals surface area contributed by atoms with Gasteiger partial charge < -0.3 is 4.90 Å². The minimum atomic E-state index is 0.294. The molecule has 0 aromatic carbocycles. The van der Waals surface area contributed by atoms with Crippen molar-refractivity contribution in [3.8, 4) is 0 Å². The fraction of sp³-hybridized carbons (Fsp3) is 0.833. The molecule has 0 heterocycles. The van der Waals surface area contributed by atoms with E-state index in [1.807, 2.05) is 0 Å². The van der Waals surface area contributed by atoms with Crippen molar-refractivity contribution >= 4 is 5.91 Å². The van der Waals surface area contributed by atoms with Gasteiger partial charge in [0.25, 0.3) is 0 Å². The van der Waals surface area contributed by atoms with Gasteiger partial charge in [-0.2, -0.15) is 0 Å². The lowest BCUT2D eigenvalue weighted by atomic mass is 10.0. The Bertz CT molecular complexity index is 286. The molecular formula is C18H35NO. The maximum Gasteiger partial charge on any atom is 0.249 e. The second-order valence-electron chi connectivity index (χ2n) is 5.72. The average molecular weight is 281 g/mol. The molecule has 1 amide bonds. The number of carbonyl (C=O) groups is 1. The van der Waals surface area contributed by atoms with Gasteiger partial charge in [-0.3, -0.25) is 4.79 Å². The first-order valence-corrected chi connectivity index (χ1v) is 8.60. The summed E-state index contributed by atoms with van der Waals surface area (Å²) in [5.74, 6) is 0.294. The third kappa shape index (κ3) is 7.12. The van der Waals surface area contributed by atoms with Crippen LogP contribution in [0.2, 0.25) is 0 Å². The molecule has 0 aliphatic carbocycles. The van der Waals surface area contributed by atoms with Crippen molar-refractivity contribution in [3.63, 3.8) is 0 Å². The van der Waals surface area contributed by atoms with Crippen molar-refractivity contribution in [3.05, 3.63) is 11.1 Å². The van der Waals surface area contributed by atoms with Crippen LogP contribution in [0.15, 0.2) is 11.1 Å². The summed E-state index contributed by atoms with van der Waals surface area (Å²) in [7, 11) is 0. The Labute approximate surface area is 126 Å². The Hall–Kier alpha value is -0.790. The van der Waals surface area contributed by atoms with E-state index in [1.165, 1.54) is 18.4 Å². The quantitative estimate of drug-likeness (QED) is 0.469. The summed E-state index contributed by atoms with van der Waals surface area (Å²) in [4.78, 5) is 14.8. The van der Waals surface area contributed by atoms with Gasteiger partial charge in [-0.25, -0.2) is 0 Å². The molecule has 118 valence electrons. The van der Waals surface area contributed by atoms with E-state index in [-0.39, 0.29) is 0 Å². The van der Waals surface area contributed by atoms with Crippen LogP contribution in [0.4, 0.5) is 0 Å². The number of allylic oxidation sites excluding steroid dienone is 1. The van der Waals surface area contributed by atoms with Crippen molar-refractivity contribution in [2.75, 3.05) is 13.1 Å². The van der Waals surface area contributed by atoms with E-state index in [0.29, 0.717) is 5.91 Å². The molecule has 20 heavy (non-hydrogen) atoms. The molecule has 0 unspecified atom stereocenters. The highest BCUT2D eigenvalue weighted by Gasteiger charge is 2.18. The van der Waals surface area contributed by atoms with Gasteiger partial charge in [0.2, 0.25) is 5.91 Å². The molecular weight excluding hydrogens is 246 g/mol. The lowest BCUT2D eigenvalue weighted by Gasteiger charge is -2.24. The van der Waals surface area contributed by atoms with Crippen LogP contribution >= 0.6 is 0 Å². The monoisotopic (exact) mass is 281 g/mol. The van der Waals surface area contributed by atoms with Crippen LogP contribution in [-0.2, 0) is 4.79 Å². The average Bonchev–Trinajstić information content (AvgIpc) is 2.45. The van der Waals surface area contributed by atoms with Crippen molar-refractivity contribution in [2.45, 2.75) is 86.0 Å². The molecule has 2 heteroatoms. The summed E-state index contributed by atoms with van der Waals surface area (Å²) < 4.78 is 0. The molecule has 0 fully saturated rings. The molecule has 0 bridgehead atoms. The smallest absolute Gasteiger partial charge is 0.249 e. The number of nitrogens with zero attached hydrogens (tertiary/aromatic N) is 1. The van der Waals surface area contributed by atoms with Gasteiger partial charge in [0.15, 0.2) is 0 Å². The van der Waals surface area contributed by atoms with Crippen LogP contribution in [-0.4, -0.2) is 23.9 Å². The van der Waals surface area contributed by atoms with Crippen molar-refractivity contribution < 1.29 is 4.79 Å². The van der Waals surface area contributed by atoms with E-state index in [9.17, 15) is 4.79 Å². The zero-order valence-corrected chi connectivity index (χ0v) is 14.4. The first-order valence-electron chi connectivity index (χ1n) is 8.60. The maximum atomic E-state index is 12.8. The van der Waals surface area contributed by atoms with Gasteiger partial charge in [0.05, 0.1) is 0 Å². The maximum absolute atomic E-state index is 12.8. The van der Waals surface area contributed by atoms with Gasteiger partial charge >= 0.3 is 0 Å². The lowest BCUT2D eigenvalue weighted by molar-refractivity contribution is -0.127. The predicted molar refractivity (Wildman–Crippen MR) is 88.9 cm³/mol. The molecule has 0 aromatic heterocycles. The van der Waals surface area contributed by atoms with E-state index >= 15 is 0 Å². The van der Waals surface area contributed by atoms with Crippen molar-refractivity contribution in [1.82, 2.24) is 4.90 Å². The van der Waals surface area contributed by atoms with Gasteiger partial charge in [-0.15, -0.1) is 0 Å². The van der Waals surface area contributed by atoms with Crippen LogP contribution in [0.1, 0.15) is 86.0 Å². The topological polar surface area (TPSA) is 20.3 Å². The minimum Gasteiger partial charge on any atom is -0.339 e. The lowest BCUT2D eigenvalue weighted by Crippen LogP contribution is -2.34. The van der Waals surface area contributed by atoms with Crippen molar-refractivity contribution in [1.29, 1.82) is 0 Å². The van der Waals surface area contributed by atoms with E-state index in [4.69, 9.17) is 0 Å². The Morgan fingerprint density at radius 3 is 1.75 bits per heavy atom. The molecule has 0 aliphatic heterocycles. The SMILES string of the molecule is CCCCC(C)=C(CC)C(=O)N(CCCC)CCCC. The number of amides is 1. The standard InChI is InChI=1S/C18H35NO/c1-6-10-13-16(5)17(9-4)18(20)19(14-11-7-2)15-12-8-3/h6-15H2,1-5H3. The number of unbranched alkanes of at least 4 members (excludes halogenated alkanes) is 3. The molecule has 0 spiro atoms. The van der Waals surface area contributed by atoms with Crippen LogP contribution in [0.25, 0.3) is 0 Å². The summed E-state index contributed by atoms with van der Waals surface area (Å²) in [6, 6.07) is 0. The van der Waals surface area contributed by atoms with E-state index < -0.39 is 0 Å². The first kappa shape index (κ1) is 19.2. The van der Waals surface area contributed by atoms with E-state index in [2.05, 4.69) is 39.5 Å². The zero-order valence-electron chi connectivity index (χ0n) is 14.4. The molecule has 2 nitrogen and oxygen atoms in total. The molecule has 0 aromatic rings. The minimum absolute atomic E-state index is 0.294. The molecule has 0 saturated carbocycles. The first-order chi connectivity index (χ1) is 9.62. The van der Waals surface area contributed by atoms with Gasteiger partial charge in [0.1, 0.15) is 0 Å². The fourth-order valence-electron chi connectivity index (χ4n) is 2.43. The number of carbonyl (C=O) groups excluding carboxylic acids is 1. The van der Waals surface area contributed by atoms with Gasteiger partial charge in [-0.05, 0) is 39.0 Å². The summed E-state index contributed by atoms with van der Waals surface area (Å²) in [6.07, 6.45) is 8.83. The summed E-state index contributed by atoms with van der Waals surface area (Å²) in [5.41, 5.74) is 2.36. The summed E-state index contributed by atoms with van der Waals surface area (Å²) in [5, 5.41) is 0. The summed E-state index contributed by atoms with van der Waals surface area (Å²) in [6.45, 7) is 12.7. The number of hydrogen-bond acceptors (Lipinski definition) is 1. The molecule has 0 saturated heterocycles. The van der Waals surface area contributed by atoms with Gasteiger partial charge in [-0.1, -0.05) is 52.5 Å². The molecule has 0 atom stereocenters. The van der Waals surface area contributed by atoms with Crippen LogP contribution < -0.4 is 0 Å². The number of rotatable bonds is 11. The number of hydrogen-bond donors (Lipinski definition) is 0. The largest absolute Gasteiger partial charge is 0.339 e. The normalized spacial score (nSPS) is 12.2. The highest BCUT2D eigenvalue weighted by Crippen LogP contribution is 2.18. The molecule has 0 radical (unpaired) electrons. The van der Waals surface area contributed by atoms with Crippen molar-refractivity contribution in [2.24, 2.45) is 0 Å². The summed E-state index contributed by atoms with van der Waals surface area (Å²) >= 11 is 0. The second kappa shape index (κ2) is 12.0. The second-order valence-corrected chi connectivity index (χ2v) is 5.72. The third-order valence-electron chi connectivity index (χ3n) is 3.88. The van der Waals surface area contributed by atoms with Crippen LogP contribution in [0, 0.1) is 0 Å².